The molecule has 114 valence electrons. The molecule has 0 N–H and O–H groups in total. The molecule has 2 rings (SSSR count). The summed E-state index contributed by atoms with van der Waals surface area (Å²) in [6, 6.07) is 0. The Morgan fingerprint density at radius 3 is 2.55 bits per heavy atom. The number of hydrogen-bond acceptors (Lipinski definition) is 4. The third-order valence-corrected chi connectivity index (χ3v) is 4.73. The standard InChI is InChI=1S/C16H26O4/c1-10(2)14-7-12(8-16(18)20-14)6-11(3)13-4-5-15(17)19-9-13/h10-14H,4-9H2,1-3H3/t11-,12?,13?,14?/m1/s1. The molecule has 2 aliphatic heterocycles. The lowest BCUT2D eigenvalue weighted by atomic mass is 9.78. The number of hydrogen-bond donors (Lipinski definition) is 0. The monoisotopic (exact) mass is 282 g/mol. The third-order valence-electron chi connectivity index (χ3n) is 4.73. The summed E-state index contributed by atoms with van der Waals surface area (Å²) in [5, 5.41) is 0. The average Bonchev–Trinajstić information content (AvgIpc) is 2.38. The van der Waals surface area contributed by atoms with Gasteiger partial charge in [0.1, 0.15) is 6.10 Å². The van der Waals surface area contributed by atoms with Crippen LogP contribution in [-0.2, 0) is 19.1 Å². The van der Waals surface area contributed by atoms with Gasteiger partial charge in [-0.2, -0.15) is 0 Å². The van der Waals surface area contributed by atoms with Crippen LogP contribution in [0.2, 0.25) is 0 Å². The molecule has 2 saturated heterocycles. The molecule has 4 atom stereocenters. The van der Waals surface area contributed by atoms with Gasteiger partial charge in [0.25, 0.3) is 0 Å². The quantitative estimate of drug-likeness (QED) is 0.744. The highest BCUT2D eigenvalue weighted by Gasteiger charge is 2.33. The van der Waals surface area contributed by atoms with Gasteiger partial charge in [-0.25, -0.2) is 0 Å². The van der Waals surface area contributed by atoms with Crippen molar-refractivity contribution in [3.63, 3.8) is 0 Å². The van der Waals surface area contributed by atoms with Gasteiger partial charge in [-0.15, -0.1) is 0 Å². The Labute approximate surface area is 121 Å². The summed E-state index contributed by atoms with van der Waals surface area (Å²) in [4.78, 5) is 22.8. The molecular weight excluding hydrogens is 256 g/mol. The van der Waals surface area contributed by atoms with Crippen LogP contribution in [0.3, 0.4) is 0 Å². The van der Waals surface area contributed by atoms with Crippen molar-refractivity contribution in [2.24, 2.45) is 23.7 Å². The summed E-state index contributed by atoms with van der Waals surface area (Å²) < 4.78 is 10.6. The smallest absolute Gasteiger partial charge is 0.306 e. The SMILES string of the molecule is CC(C)C1CC(C[C@@H](C)C2CCC(=O)OC2)CC(=O)O1. The van der Waals surface area contributed by atoms with Gasteiger partial charge in [0.05, 0.1) is 6.61 Å². The number of carbonyl (C=O) groups excluding carboxylic acids is 2. The van der Waals surface area contributed by atoms with Crippen molar-refractivity contribution in [2.45, 2.75) is 59.0 Å². The molecule has 4 heteroatoms. The van der Waals surface area contributed by atoms with E-state index >= 15 is 0 Å². The zero-order valence-corrected chi connectivity index (χ0v) is 12.8. The van der Waals surface area contributed by atoms with Gasteiger partial charge in [-0.3, -0.25) is 9.59 Å². The van der Waals surface area contributed by atoms with Crippen molar-refractivity contribution in [1.82, 2.24) is 0 Å². The Balaban J connectivity index is 1.85. The van der Waals surface area contributed by atoms with E-state index < -0.39 is 0 Å². The number of cyclic esters (lactones) is 2. The molecular formula is C16H26O4. The molecule has 4 nitrogen and oxygen atoms in total. The fourth-order valence-electron chi connectivity index (χ4n) is 3.33. The van der Waals surface area contributed by atoms with Crippen LogP contribution in [0.4, 0.5) is 0 Å². The fourth-order valence-corrected chi connectivity index (χ4v) is 3.33. The van der Waals surface area contributed by atoms with Crippen LogP contribution < -0.4 is 0 Å². The summed E-state index contributed by atoms with van der Waals surface area (Å²) in [7, 11) is 0. The maximum Gasteiger partial charge on any atom is 0.306 e. The molecule has 0 spiro atoms. The highest BCUT2D eigenvalue weighted by Crippen LogP contribution is 2.34. The Morgan fingerprint density at radius 2 is 1.95 bits per heavy atom. The van der Waals surface area contributed by atoms with E-state index in [1.165, 1.54) is 0 Å². The first-order valence-corrected chi connectivity index (χ1v) is 7.80. The number of carbonyl (C=O) groups is 2. The van der Waals surface area contributed by atoms with Gasteiger partial charge >= 0.3 is 11.9 Å². The summed E-state index contributed by atoms with van der Waals surface area (Å²) in [5.41, 5.74) is 0. The van der Waals surface area contributed by atoms with E-state index in [0.29, 0.717) is 43.1 Å². The molecule has 0 amide bonds. The van der Waals surface area contributed by atoms with E-state index in [0.717, 1.165) is 19.3 Å². The van der Waals surface area contributed by atoms with E-state index in [4.69, 9.17) is 9.47 Å². The van der Waals surface area contributed by atoms with E-state index in [1.54, 1.807) is 0 Å². The first-order chi connectivity index (χ1) is 9.45. The maximum absolute atomic E-state index is 11.7. The average molecular weight is 282 g/mol. The second-order valence-electron chi connectivity index (χ2n) is 6.77. The molecule has 0 aromatic carbocycles. The second kappa shape index (κ2) is 6.59. The topological polar surface area (TPSA) is 52.6 Å². The zero-order chi connectivity index (χ0) is 14.7. The zero-order valence-electron chi connectivity index (χ0n) is 12.8. The van der Waals surface area contributed by atoms with Crippen LogP contribution >= 0.6 is 0 Å². The summed E-state index contributed by atoms with van der Waals surface area (Å²) >= 11 is 0. The molecule has 20 heavy (non-hydrogen) atoms. The normalized spacial score (nSPS) is 32.7. The molecule has 2 fully saturated rings. The highest BCUT2D eigenvalue weighted by molar-refractivity contribution is 5.70. The van der Waals surface area contributed by atoms with Crippen molar-refractivity contribution < 1.29 is 19.1 Å². The van der Waals surface area contributed by atoms with E-state index in [9.17, 15) is 9.59 Å². The van der Waals surface area contributed by atoms with Gasteiger partial charge in [-0.05, 0) is 42.9 Å². The lowest BCUT2D eigenvalue weighted by molar-refractivity contribution is -0.160. The van der Waals surface area contributed by atoms with Gasteiger partial charge in [0, 0.05) is 12.8 Å². The summed E-state index contributed by atoms with van der Waals surface area (Å²) in [5.74, 6) is 1.61. The molecule has 0 aromatic rings. The summed E-state index contributed by atoms with van der Waals surface area (Å²) in [6.45, 7) is 6.97. The first kappa shape index (κ1) is 15.3. The van der Waals surface area contributed by atoms with Gasteiger partial charge in [0.2, 0.25) is 0 Å². The molecule has 2 aliphatic rings. The van der Waals surface area contributed by atoms with Crippen molar-refractivity contribution in [3.8, 4) is 0 Å². The van der Waals surface area contributed by atoms with Gasteiger partial charge in [0.15, 0.2) is 0 Å². The third kappa shape index (κ3) is 3.97. The molecule has 0 bridgehead atoms. The van der Waals surface area contributed by atoms with Crippen LogP contribution in [0.1, 0.15) is 52.9 Å². The molecule has 0 aliphatic carbocycles. The maximum atomic E-state index is 11.7. The molecule has 0 saturated carbocycles. The van der Waals surface area contributed by atoms with E-state index in [2.05, 4.69) is 20.8 Å². The van der Waals surface area contributed by atoms with Crippen LogP contribution in [0.5, 0.6) is 0 Å². The molecule has 3 unspecified atom stereocenters. The first-order valence-electron chi connectivity index (χ1n) is 7.80. The van der Waals surface area contributed by atoms with Crippen LogP contribution in [0, 0.1) is 23.7 Å². The van der Waals surface area contributed by atoms with Crippen molar-refractivity contribution in [3.05, 3.63) is 0 Å². The van der Waals surface area contributed by atoms with Crippen molar-refractivity contribution in [1.29, 1.82) is 0 Å². The van der Waals surface area contributed by atoms with Crippen LogP contribution in [0.25, 0.3) is 0 Å². The summed E-state index contributed by atoms with van der Waals surface area (Å²) in [6.07, 6.45) is 4.07. The van der Waals surface area contributed by atoms with Crippen molar-refractivity contribution in [2.75, 3.05) is 6.61 Å². The minimum atomic E-state index is -0.0745. The Kier molecular flexibility index (Phi) is 5.06. The van der Waals surface area contributed by atoms with Gasteiger partial charge in [-0.1, -0.05) is 20.8 Å². The molecule has 2 heterocycles. The minimum absolute atomic E-state index is 0.0535. The minimum Gasteiger partial charge on any atom is -0.465 e. The number of rotatable bonds is 4. The largest absolute Gasteiger partial charge is 0.465 e. The number of esters is 2. The Hall–Kier alpha value is -1.06. The van der Waals surface area contributed by atoms with Crippen LogP contribution in [0.15, 0.2) is 0 Å². The van der Waals surface area contributed by atoms with E-state index in [-0.39, 0.29) is 18.0 Å². The Morgan fingerprint density at radius 1 is 1.20 bits per heavy atom. The van der Waals surface area contributed by atoms with E-state index in [1.807, 2.05) is 0 Å². The number of ether oxygens (including phenoxy) is 2. The predicted octanol–water partition coefficient (Wildman–Crippen LogP) is 2.94. The predicted molar refractivity (Wildman–Crippen MR) is 74.9 cm³/mol. The van der Waals surface area contributed by atoms with Gasteiger partial charge < -0.3 is 9.47 Å². The molecule has 0 radical (unpaired) electrons. The Bertz CT molecular complexity index is 353. The highest BCUT2D eigenvalue weighted by atomic mass is 16.5. The van der Waals surface area contributed by atoms with Crippen LogP contribution in [-0.4, -0.2) is 24.6 Å². The van der Waals surface area contributed by atoms with Crippen molar-refractivity contribution >= 4 is 11.9 Å². The lowest BCUT2D eigenvalue weighted by Crippen LogP contribution is -2.35. The second-order valence-corrected chi connectivity index (χ2v) is 6.77. The fraction of sp³-hybridized carbons (Fsp3) is 0.875. The molecule has 0 aromatic heterocycles. The lowest BCUT2D eigenvalue weighted by Gasteiger charge is -2.34.